The number of aromatic amines is 1. The average molecular weight is 477 g/mol. The number of amides is 3. The van der Waals surface area contributed by atoms with Crippen molar-refractivity contribution >= 4 is 40.6 Å². The predicted molar refractivity (Wildman–Crippen MR) is 118 cm³/mol. The summed E-state index contributed by atoms with van der Waals surface area (Å²) >= 11 is 0. The van der Waals surface area contributed by atoms with Crippen LogP contribution in [0.1, 0.15) is 18.4 Å². The van der Waals surface area contributed by atoms with E-state index >= 15 is 0 Å². The van der Waals surface area contributed by atoms with Gasteiger partial charge in [0.2, 0.25) is 17.7 Å². The van der Waals surface area contributed by atoms with Crippen molar-refractivity contribution < 1.29 is 39.3 Å². The first-order valence-electron chi connectivity index (χ1n) is 10.4. The van der Waals surface area contributed by atoms with Crippen LogP contribution in [0, 0.1) is 0 Å². The van der Waals surface area contributed by atoms with Crippen molar-refractivity contribution in [3.63, 3.8) is 0 Å². The Balaban J connectivity index is 1.84. The fourth-order valence-electron chi connectivity index (χ4n) is 3.17. The third kappa shape index (κ3) is 7.56. The van der Waals surface area contributed by atoms with Crippen LogP contribution in [0.3, 0.4) is 0 Å². The highest BCUT2D eigenvalue weighted by molar-refractivity contribution is 5.93. The molecule has 0 fully saturated rings. The number of H-pyrrole nitrogens is 1. The average Bonchev–Trinajstić information content (AvgIpc) is 3.20. The van der Waals surface area contributed by atoms with Gasteiger partial charge in [-0.2, -0.15) is 0 Å². The quantitative estimate of drug-likeness (QED) is 0.160. The van der Waals surface area contributed by atoms with E-state index in [0.717, 1.165) is 16.5 Å². The van der Waals surface area contributed by atoms with Crippen LogP contribution in [0.4, 0.5) is 0 Å². The van der Waals surface area contributed by atoms with Crippen LogP contribution < -0.4 is 21.7 Å². The second-order valence-corrected chi connectivity index (χ2v) is 7.52. The molecule has 184 valence electrons. The molecule has 0 bridgehead atoms. The van der Waals surface area contributed by atoms with E-state index in [1.807, 2.05) is 24.3 Å². The second-order valence-electron chi connectivity index (χ2n) is 7.52. The van der Waals surface area contributed by atoms with Gasteiger partial charge in [-0.25, -0.2) is 4.79 Å². The van der Waals surface area contributed by atoms with E-state index in [-0.39, 0.29) is 12.8 Å². The minimum atomic E-state index is -1.52. The van der Waals surface area contributed by atoms with Gasteiger partial charge in [0.05, 0.1) is 19.2 Å². The number of hydrogen-bond acceptors (Lipinski definition) is 7. The molecule has 1 aromatic carbocycles. The van der Waals surface area contributed by atoms with Gasteiger partial charge in [-0.05, 0) is 24.5 Å². The molecule has 0 aliphatic heterocycles. The van der Waals surface area contributed by atoms with Crippen molar-refractivity contribution in [1.82, 2.24) is 20.9 Å². The monoisotopic (exact) mass is 477 g/mol. The zero-order valence-electron chi connectivity index (χ0n) is 18.1. The predicted octanol–water partition coefficient (Wildman–Crippen LogP) is -1.93. The van der Waals surface area contributed by atoms with Crippen LogP contribution in [-0.4, -0.2) is 81.2 Å². The molecule has 2 rings (SSSR count). The molecular weight excluding hydrogens is 450 g/mol. The maximum atomic E-state index is 12.3. The molecule has 0 aliphatic carbocycles. The van der Waals surface area contributed by atoms with E-state index < -0.39 is 67.4 Å². The summed E-state index contributed by atoms with van der Waals surface area (Å²) in [6, 6.07) is 3.52. The largest absolute Gasteiger partial charge is 0.481 e. The lowest BCUT2D eigenvalue weighted by Crippen LogP contribution is -2.55. The number of aromatic nitrogens is 1. The Kier molecular flexibility index (Phi) is 9.52. The second kappa shape index (κ2) is 12.3. The van der Waals surface area contributed by atoms with Crippen molar-refractivity contribution in [2.45, 2.75) is 37.4 Å². The summed E-state index contributed by atoms with van der Waals surface area (Å²) in [7, 11) is 0. The van der Waals surface area contributed by atoms with Crippen molar-refractivity contribution in [2.75, 3.05) is 13.2 Å². The number of hydrogen-bond donors (Lipinski definition) is 8. The van der Waals surface area contributed by atoms with Crippen LogP contribution >= 0.6 is 0 Å². The van der Waals surface area contributed by atoms with Crippen molar-refractivity contribution in [1.29, 1.82) is 0 Å². The number of aliphatic carboxylic acids is 2. The van der Waals surface area contributed by atoms with Gasteiger partial charge in [0.1, 0.15) is 12.1 Å². The maximum absolute atomic E-state index is 12.3. The summed E-state index contributed by atoms with van der Waals surface area (Å²) in [6.45, 7) is -1.39. The Morgan fingerprint density at radius 3 is 2.35 bits per heavy atom. The molecule has 34 heavy (non-hydrogen) atoms. The number of aliphatic hydroxyl groups is 1. The third-order valence-corrected chi connectivity index (χ3v) is 4.97. The Bertz CT molecular complexity index is 1050. The number of carbonyl (C=O) groups is 5. The number of aliphatic hydroxyl groups excluding tert-OH is 1. The number of nitrogens with one attached hydrogen (secondary N) is 4. The van der Waals surface area contributed by atoms with Gasteiger partial charge in [-0.3, -0.25) is 19.2 Å². The summed E-state index contributed by atoms with van der Waals surface area (Å²) in [5.74, 6) is -5.15. The van der Waals surface area contributed by atoms with Gasteiger partial charge >= 0.3 is 11.9 Å². The summed E-state index contributed by atoms with van der Waals surface area (Å²) in [5, 5.41) is 34.6. The van der Waals surface area contributed by atoms with Gasteiger partial charge in [-0.15, -0.1) is 0 Å². The van der Waals surface area contributed by atoms with Gasteiger partial charge in [0.15, 0.2) is 0 Å². The number of nitrogens with two attached hydrogens (primary N) is 1. The molecule has 3 unspecified atom stereocenters. The van der Waals surface area contributed by atoms with E-state index in [1.165, 1.54) is 0 Å². The topological polar surface area (TPSA) is 224 Å². The van der Waals surface area contributed by atoms with Gasteiger partial charge in [0, 0.05) is 23.5 Å². The van der Waals surface area contributed by atoms with Crippen LogP contribution in [-0.2, 0) is 30.4 Å². The normalized spacial score (nSPS) is 13.5. The van der Waals surface area contributed by atoms with E-state index in [0.29, 0.717) is 0 Å². The first-order chi connectivity index (χ1) is 16.1. The van der Waals surface area contributed by atoms with Crippen molar-refractivity contribution in [3.05, 3.63) is 36.0 Å². The third-order valence-electron chi connectivity index (χ3n) is 4.97. The summed E-state index contributed by atoms with van der Waals surface area (Å²) in [5.41, 5.74) is 7.66. The Hall–Kier alpha value is -3.97. The number of fused-ring (bicyclic) bond motifs is 1. The van der Waals surface area contributed by atoms with Crippen molar-refractivity contribution in [2.24, 2.45) is 5.73 Å². The minimum Gasteiger partial charge on any atom is -0.481 e. The van der Waals surface area contributed by atoms with E-state index in [4.69, 9.17) is 15.9 Å². The standard InChI is InChI=1S/C21H27N5O8/c22-13(7-11-8-23-14-4-2-1-3-12(11)14)19(31)24-9-17(28)25-16(10-27)20(32)26-15(21(33)34)5-6-18(29)30/h1-4,8,13,15-16,23,27H,5-7,9-10,22H2,(H,24,31)(H,25,28)(H,26,32)(H,29,30)(H,33,34). The van der Waals surface area contributed by atoms with Gasteiger partial charge in [0.25, 0.3) is 0 Å². The molecule has 0 aliphatic rings. The zero-order chi connectivity index (χ0) is 25.3. The fraction of sp³-hybridized carbons (Fsp3) is 0.381. The zero-order valence-corrected chi connectivity index (χ0v) is 18.1. The van der Waals surface area contributed by atoms with E-state index in [9.17, 15) is 29.1 Å². The lowest BCUT2D eigenvalue weighted by atomic mass is 10.1. The first-order valence-corrected chi connectivity index (χ1v) is 10.4. The lowest BCUT2D eigenvalue weighted by molar-refractivity contribution is -0.143. The van der Waals surface area contributed by atoms with Crippen LogP contribution in [0.2, 0.25) is 0 Å². The highest BCUT2D eigenvalue weighted by atomic mass is 16.4. The maximum Gasteiger partial charge on any atom is 0.326 e. The van der Waals surface area contributed by atoms with Gasteiger partial charge in [-0.1, -0.05) is 18.2 Å². The molecule has 13 heteroatoms. The van der Waals surface area contributed by atoms with E-state index in [1.54, 1.807) is 6.20 Å². The molecule has 0 radical (unpaired) electrons. The highest BCUT2D eigenvalue weighted by Crippen LogP contribution is 2.18. The molecule has 1 heterocycles. The highest BCUT2D eigenvalue weighted by Gasteiger charge is 2.27. The molecule has 0 saturated carbocycles. The minimum absolute atomic E-state index is 0.214. The van der Waals surface area contributed by atoms with Crippen molar-refractivity contribution in [3.8, 4) is 0 Å². The van der Waals surface area contributed by atoms with E-state index in [2.05, 4.69) is 20.9 Å². The number of rotatable bonds is 13. The molecule has 3 amide bonds. The van der Waals surface area contributed by atoms with Crippen LogP contribution in [0.5, 0.6) is 0 Å². The molecule has 13 nitrogen and oxygen atoms in total. The lowest BCUT2D eigenvalue weighted by Gasteiger charge is -2.20. The van der Waals surface area contributed by atoms with Crippen LogP contribution in [0.25, 0.3) is 10.9 Å². The number of benzene rings is 1. The molecule has 0 saturated heterocycles. The smallest absolute Gasteiger partial charge is 0.326 e. The molecular formula is C21H27N5O8. The molecule has 9 N–H and O–H groups in total. The molecule has 0 spiro atoms. The fourth-order valence-corrected chi connectivity index (χ4v) is 3.17. The number of carboxylic acid groups (broad SMARTS) is 2. The Morgan fingerprint density at radius 2 is 1.71 bits per heavy atom. The number of para-hydroxylation sites is 1. The Morgan fingerprint density at radius 1 is 1.00 bits per heavy atom. The van der Waals surface area contributed by atoms with Crippen LogP contribution in [0.15, 0.2) is 30.5 Å². The molecule has 3 atom stereocenters. The van der Waals surface area contributed by atoms with Gasteiger partial charge < -0.3 is 42.0 Å². The number of carboxylic acids is 2. The number of carbonyl (C=O) groups excluding carboxylic acids is 3. The Labute approximate surface area is 193 Å². The summed E-state index contributed by atoms with van der Waals surface area (Å²) in [4.78, 5) is 61.5. The molecule has 1 aromatic heterocycles. The summed E-state index contributed by atoms with van der Waals surface area (Å²) < 4.78 is 0. The summed E-state index contributed by atoms with van der Waals surface area (Å²) in [6.07, 6.45) is 1.08. The molecule has 2 aromatic rings. The SMILES string of the molecule is NC(Cc1c[nH]c2ccccc12)C(=O)NCC(=O)NC(CO)C(=O)NC(CCC(=O)O)C(=O)O. The first kappa shape index (κ1) is 26.3.